The molecule has 0 saturated heterocycles. The summed E-state index contributed by atoms with van der Waals surface area (Å²) in [6, 6.07) is 22.4. The van der Waals surface area contributed by atoms with Crippen LogP contribution in [0.3, 0.4) is 0 Å². The average molecular weight is 449 g/mol. The van der Waals surface area contributed by atoms with Crippen molar-refractivity contribution >= 4 is 11.9 Å². The van der Waals surface area contributed by atoms with Crippen molar-refractivity contribution in [2.75, 3.05) is 14.2 Å². The summed E-state index contributed by atoms with van der Waals surface area (Å²) >= 11 is 0. The Morgan fingerprint density at radius 3 is 1.85 bits per heavy atom. The highest BCUT2D eigenvalue weighted by atomic mass is 16.5. The van der Waals surface area contributed by atoms with Crippen molar-refractivity contribution < 1.29 is 28.5 Å². The first-order valence-corrected chi connectivity index (χ1v) is 10.8. The standard InChI is InChI=1S/C27H28O6/c1-30-24-16-22(14-9-15-26(28)32-18-20-10-5-3-6-11-20)23(17-25(24)31-2)27(29)33-19-21-12-7-4-8-13-21/h3-8,10-13,16-17H,9,14-15,18-19H2,1-2H3. The van der Waals surface area contributed by atoms with Gasteiger partial charge in [-0.05, 0) is 41.7 Å². The highest BCUT2D eigenvalue weighted by Crippen LogP contribution is 2.32. The quantitative estimate of drug-likeness (QED) is 0.379. The van der Waals surface area contributed by atoms with Gasteiger partial charge in [0.2, 0.25) is 0 Å². The van der Waals surface area contributed by atoms with E-state index in [0.717, 1.165) is 16.7 Å². The van der Waals surface area contributed by atoms with Gasteiger partial charge < -0.3 is 18.9 Å². The van der Waals surface area contributed by atoms with E-state index in [0.29, 0.717) is 29.9 Å². The number of hydrogen-bond donors (Lipinski definition) is 0. The molecule has 0 aliphatic heterocycles. The summed E-state index contributed by atoms with van der Waals surface area (Å²) in [5, 5.41) is 0. The van der Waals surface area contributed by atoms with Gasteiger partial charge in [0.05, 0.1) is 19.8 Å². The Hall–Kier alpha value is -3.80. The molecule has 0 aliphatic rings. The Kier molecular flexibility index (Phi) is 8.88. The minimum atomic E-state index is -0.457. The molecule has 33 heavy (non-hydrogen) atoms. The summed E-state index contributed by atoms with van der Waals surface area (Å²) < 4.78 is 21.6. The number of rotatable bonds is 11. The largest absolute Gasteiger partial charge is 0.493 e. The van der Waals surface area contributed by atoms with Gasteiger partial charge in [-0.2, -0.15) is 0 Å². The Balaban J connectivity index is 1.63. The van der Waals surface area contributed by atoms with E-state index in [4.69, 9.17) is 18.9 Å². The van der Waals surface area contributed by atoms with E-state index < -0.39 is 5.97 Å². The van der Waals surface area contributed by atoms with Crippen LogP contribution in [0.1, 0.15) is 39.9 Å². The fraction of sp³-hybridized carbons (Fsp3) is 0.259. The molecule has 0 aromatic heterocycles. The lowest BCUT2D eigenvalue weighted by molar-refractivity contribution is -0.145. The van der Waals surface area contributed by atoms with E-state index in [1.165, 1.54) is 14.2 Å². The van der Waals surface area contributed by atoms with Crippen LogP contribution in [0.4, 0.5) is 0 Å². The van der Waals surface area contributed by atoms with Gasteiger partial charge in [-0.1, -0.05) is 60.7 Å². The van der Waals surface area contributed by atoms with Gasteiger partial charge in [-0.25, -0.2) is 4.79 Å². The third-order valence-corrected chi connectivity index (χ3v) is 5.11. The molecule has 0 aliphatic carbocycles. The second-order valence-corrected chi connectivity index (χ2v) is 7.43. The molecule has 6 nitrogen and oxygen atoms in total. The maximum atomic E-state index is 12.9. The molecule has 3 rings (SSSR count). The number of esters is 2. The van der Waals surface area contributed by atoms with Gasteiger partial charge in [0.15, 0.2) is 11.5 Å². The Labute approximate surface area is 194 Å². The van der Waals surface area contributed by atoms with Crippen LogP contribution < -0.4 is 9.47 Å². The van der Waals surface area contributed by atoms with Crippen molar-refractivity contribution in [1.29, 1.82) is 0 Å². The second-order valence-electron chi connectivity index (χ2n) is 7.43. The molecule has 0 unspecified atom stereocenters. The second kappa shape index (κ2) is 12.3. The summed E-state index contributed by atoms with van der Waals surface area (Å²) in [5.74, 6) is 0.211. The van der Waals surface area contributed by atoms with Crippen LogP contribution in [-0.2, 0) is 33.9 Å². The molecule has 0 N–H and O–H groups in total. The lowest BCUT2D eigenvalue weighted by atomic mass is 10.0. The zero-order valence-electron chi connectivity index (χ0n) is 18.9. The van der Waals surface area contributed by atoms with Crippen LogP contribution in [0.25, 0.3) is 0 Å². The smallest absolute Gasteiger partial charge is 0.338 e. The predicted octanol–water partition coefficient (Wildman–Crippen LogP) is 5.13. The van der Waals surface area contributed by atoms with Gasteiger partial charge in [0, 0.05) is 6.42 Å². The molecule has 0 atom stereocenters. The molecule has 172 valence electrons. The lowest BCUT2D eigenvalue weighted by Gasteiger charge is -2.15. The van der Waals surface area contributed by atoms with Crippen molar-refractivity contribution in [3.8, 4) is 11.5 Å². The lowest BCUT2D eigenvalue weighted by Crippen LogP contribution is -2.11. The molecule has 0 spiro atoms. The van der Waals surface area contributed by atoms with Crippen molar-refractivity contribution in [3.63, 3.8) is 0 Å². The Morgan fingerprint density at radius 2 is 1.27 bits per heavy atom. The van der Waals surface area contributed by atoms with Crippen LogP contribution in [0.2, 0.25) is 0 Å². The van der Waals surface area contributed by atoms with Crippen LogP contribution >= 0.6 is 0 Å². The normalized spacial score (nSPS) is 10.4. The average Bonchev–Trinajstić information content (AvgIpc) is 2.86. The van der Waals surface area contributed by atoms with Gasteiger partial charge in [-0.15, -0.1) is 0 Å². The SMILES string of the molecule is COc1cc(CCCC(=O)OCc2ccccc2)c(C(=O)OCc2ccccc2)cc1OC. The van der Waals surface area contributed by atoms with E-state index in [2.05, 4.69) is 0 Å². The summed E-state index contributed by atoms with van der Waals surface area (Å²) in [6.45, 7) is 0.409. The molecule has 3 aromatic rings. The van der Waals surface area contributed by atoms with E-state index >= 15 is 0 Å². The summed E-state index contributed by atoms with van der Waals surface area (Å²) in [4.78, 5) is 25.0. The van der Waals surface area contributed by atoms with Crippen molar-refractivity contribution in [3.05, 3.63) is 95.1 Å². The number of benzene rings is 3. The molecule has 0 saturated carbocycles. The maximum Gasteiger partial charge on any atom is 0.338 e. The third kappa shape index (κ3) is 7.10. The van der Waals surface area contributed by atoms with Crippen molar-refractivity contribution in [2.24, 2.45) is 0 Å². The summed E-state index contributed by atoms with van der Waals surface area (Å²) in [7, 11) is 3.05. The molecular formula is C27H28O6. The Morgan fingerprint density at radius 1 is 0.727 bits per heavy atom. The predicted molar refractivity (Wildman–Crippen MR) is 124 cm³/mol. The first-order chi connectivity index (χ1) is 16.1. The van der Waals surface area contributed by atoms with E-state index in [1.54, 1.807) is 12.1 Å². The number of methoxy groups -OCH3 is 2. The minimum absolute atomic E-state index is 0.166. The maximum absolute atomic E-state index is 12.9. The molecule has 0 heterocycles. The third-order valence-electron chi connectivity index (χ3n) is 5.11. The van der Waals surface area contributed by atoms with Gasteiger partial charge in [0.25, 0.3) is 0 Å². The number of carbonyl (C=O) groups excluding carboxylic acids is 2. The van der Waals surface area contributed by atoms with Crippen molar-refractivity contribution in [2.45, 2.75) is 32.5 Å². The summed E-state index contributed by atoms with van der Waals surface area (Å²) in [5.41, 5.74) is 2.95. The monoisotopic (exact) mass is 448 g/mol. The van der Waals surface area contributed by atoms with Gasteiger partial charge in [0.1, 0.15) is 13.2 Å². The van der Waals surface area contributed by atoms with Crippen LogP contribution in [0.15, 0.2) is 72.8 Å². The number of aryl methyl sites for hydroxylation is 1. The number of carbonyl (C=O) groups is 2. The fourth-order valence-electron chi connectivity index (χ4n) is 3.35. The van der Waals surface area contributed by atoms with E-state index in [9.17, 15) is 9.59 Å². The molecule has 0 radical (unpaired) electrons. The first kappa shape index (κ1) is 23.9. The number of ether oxygens (including phenoxy) is 4. The molecule has 0 fully saturated rings. The molecule has 6 heteroatoms. The van der Waals surface area contributed by atoms with Crippen LogP contribution in [0, 0.1) is 0 Å². The summed E-state index contributed by atoms with van der Waals surface area (Å²) in [6.07, 6.45) is 1.23. The zero-order chi connectivity index (χ0) is 23.5. The molecule has 3 aromatic carbocycles. The van der Waals surface area contributed by atoms with Gasteiger partial charge in [-0.3, -0.25) is 4.79 Å². The molecule has 0 bridgehead atoms. The minimum Gasteiger partial charge on any atom is -0.493 e. The van der Waals surface area contributed by atoms with E-state index in [1.807, 2.05) is 60.7 Å². The highest BCUT2D eigenvalue weighted by Gasteiger charge is 2.18. The zero-order valence-corrected chi connectivity index (χ0v) is 18.9. The molecular weight excluding hydrogens is 420 g/mol. The molecule has 0 amide bonds. The highest BCUT2D eigenvalue weighted by molar-refractivity contribution is 5.92. The number of hydrogen-bond acceptors (Lipinski definition) is 6. The van der Waals surface area contributed by atoms with Crippen LogP contribution in [0.5, 0.6) is 11.5 Å². The Bertz CT molecular complexity index is 1050. The van der Waals surface area contributed by atoms with Crippen molar-refractivity contribution in [1.82, 2.24) is 0 Å². The topological polar surface area (TPSA) is 71.1 Å². The first-order valence-electron chi connectivity index (χ1n) is 10.8. The van der Waals surface area contributed by atoms with Gasteiger partial charge >= 0.3 is 11.9 Å². The van der Waals surface area contributed by atoms with E-state index in [-0.39, 0.29) is 25.6 Å². The fourth-order valence-corrected chi connectivity index (χ4v) is 3.35. The van der Waals surface area contributed by atoms with Crippen LogP contribution in [-0.4, -0.2) is 26.2 Å².